The molecule has 176 valence electrons. The van der Waals surface area contributed by atoms with Gasteiger partial charge in [0.15, 0.2) is 0 Å². The molecule has 6 rings (SSSR count). The van der Waals surface area contributed by atoms with E-state index in [-0.39, 0.29) is 11.9 Å². The number of aromatic nitrogens is 3. The fourth-order valence-corrected chi connectivity index (χ4v) is 5.11. The molecule has 0 amide bonds. The monoisotopic (exact) mass is 506 g/mol. The first-order valence-corrected chi connectivity index (χ1v) is 12.5. The second-order valence-electron chi connectivity index (χ2n) is 8.19. The minimum Gasteiger partial charge on any atom is -0.497 e. The number of rotatable bonds is 4. The van der Waals surface area contributed by atoms with E-state index < -0.39 is 6.10 Å². The van der Waals surface area contributed by atoms with Gasteiger partial charge in [-0.15, -0.1) is 5.10 Å². The van der Waals surface area contributed by atoms with Gasteiger partial charge in [-0.3, -0.25) is 0 Å². The van der Waals surface area contributed by atoms with Gasteiger partial charge in [0.25, 0.3) is 0 Å². The largest absolute Gasteiger partial charge is 0.497 e. The van der Waals surface area contributed by atoms with Crippen LogP contribution in [0, 0.1) is 5.82 Å². The molecule has 9 heteroatoms. The van der Waals surface area contributed by atoms with Gasteiger partial charge in [-0.1, -0.05) is 47.6 Å². The van der Waals surface area contributed by atoms with Crippen LogP contribution < -0.4 is 14.8 Å². The van der Waals surface area contributed by atoms with E-state index >= 15 is 0 Å². The maximum atomic E-state index is 13.9. The number of nitrogens with one attached hydrogen (secondary N) is 1. The predicted octanol–water partition coefficient (Wildman–Crippen LogP) is 6.36. The number of ether oxygens (including phenoxy) is 2. The molecule has 2 aliphatic rings. The summed E-state index contributed by atoms with van der Waals surface area (Å²) < 4.78 is 27.7. The Morgan fingerprint density at radius 1 is 1.06 bits per heavy atom. The number of thioether (sulfide) groups is 1. The molecule has 0 saturated heterocycles. The summed E-state index contributed by atoms with van der Waals surface area (Å²) in [5, 5.41) is 9.46. The van der Waals surface area contributed by atoms with Crippen LogP contribution >= 0.6 is 23.4 Å². The van der Waals surface area contributed by atoms with E-state index in [0.717, 1.165) is 33.7 Å². The van der Waals surface area contributed by atoms with Crippen LogP contribution in [0.5, 0.6) is 11.5 Å². The van der Waals surface area contributed by atoms with Gasteiger partial charge in [0.1, 0.15) is 29.5 Å². The Morgan fingerprint density at radius 2 is 1.80 bits per heavy atom. The highest BCUT2D eigenvalue weighted by Gasteiger charge is 2.41. The molecule has 2 aliphatic heterocycles. The van der Waals surface area contributed by atoms with Crippen molar-refractivity contribution in [1.29, 1.82) is 0 Å². The van der Waals surface area contributed by atoms with Crippen LogP contribution in [0.1, 0.15) is 28.8 Å². The summed E-state index contributed by atoms with van der Waals surface area (Å²) in [4.78, 5) is 4.67. The number of methoxy groups -OCH3 is 1. The number of halogens is 2. The summed E-state index contributed by atoms with van der Waals surface area (Å²) in [5.41, 5.74) is 4.44. The fourth-order valence-electron chi connectivity index (χ4n) is 4.59. The molecule has 3 aromatic carbocycles. The van der Waals surface area contributed by atoms with Crippen molar-refractivity contribution in [3.63, 3.8) is 0 Å². The van der Waals surface area contributed by atoms with E-state index in [0.29, 0.717) is 21.9 Å². The summed E-state index contributed by atoms with van der Waals surface area (Å²) in [6, 6.07) is 19.4. The SMILES string of the molecule is COc1ccc([C@H]2Oc3ccc(Cl)cc3C3=C2[C@H](c2ccc(F)cc2)n2nc(SC)nc2N3)cc1. The van der Waals surface area contributed by atoms with Gasteiger partial charge in [-0.05, 0) is 59.8 Å². The Labute approximate surface area is 210 Å². The quantitative estimate of drug-likeness (QED) is 0.325. The van der Waals surface area contributed by atoms with Gasteiger partial charge in [0.05, 0.1) is 12.8 Å². The Bertz CT molecular complexity index is 1450. The normalized spacial score (nSPS) is 18.2. The van der Waals surface area contributed by atoms with Crippen molar-refractivity contribution >= 4 is 35.0 Å². The molecule has 0 fully saturated rings. The topological polar surface area (TPSA) is 61.2 Å². The lowest BCUT2D eigenvalue weighted by Gasteiger charge is -2.39. The lowest BCUT2D eigenvalue weighted by molar-refractivity contribution is 0.222. The number of anilines is 1. The molecule has 3 heterocycles. The van der Waals surface area contributed by atoms with E-state index in [1.807, 2.05) is 53.4 Å². The van der Waals surface area contributed by atoms with E-state index in [1.165, 1.54) is 23.9 Å². The maximum Gasteiger partial charge on any atom is 0.227 e. The van der Waals surface area contributed by atoms with Crippen LogP contribution in [0.15, 0.2) is 77.5 Å². The van der Waals surface area contributed by atoms with Gasteiger partial charge in [-0.25, -0.2) is 9.07 Å². The summed E-state index contributed by atoms with van der Waals surface area (Å²) in [5.74, 6) is 1.76. The first-order chi connectivity index (χ1) is 17.1. The van der Waals surface area contributed by atoms with E-state index in [1.54, 1.807) is 19.2 Å². The maximum absolute atomic E-state index is 13.9. The van der Waals surface area contributed by atoms with Crippen LogP contribution in [-0.2, 0) is 0 Å². The molecule has 0 radical (unpaired) electrons. The van der Waals surface area contributed by atoms with Crippen molar-refractivity contribution in [3.8, 4) is 11.5 Å². The smallest absolute Gasteiger partial charge is 0.227 e. The third-order valence-corrected chi connectivity index (χ3v) is 6.97. The van der Waals surface area contributed by atoms with Crippen LogP contribution in [0.3, 0.4) is 0 Å². The van der Waals surface area contributed by atoms with Crippen LogP contribution in [0.4, 0.5) is 10.3 Å². The van der Waals surface area contributed by atoms with E-state index in [2.05, 4.69) is 10.3 Å². The Hall–Kier alpha value is -3.49. The van der Waals surface area contributed by atoms with Gasteiger partial charge in [0.2, 0.25) is 11.1 Å². The molecule has 4 aromatic rings. The molecule has 2 atom stereocenters. The highest BCUT2D eigenvalue weighted by atomic mass is 35.5. The highest BCUT2D eigenvalue weighted by molar-refractivity contribution is 7.98. The predicted molar refractivity (Wildman–Crippen MR) is 135 cm³/mol. The zero-order valence-electron chi connectivity index (χ0n) is 18.8. The van der Waals surface area contributed by atoms with Crippen molar-refractivity contribution in [2.24, 2.45) is 0 Å². The van der Waals surface area contributed by atoms with Gasteiger partial charge >= 0.3 is 0 Å². The Kier molecular flexibility index (Phi) is 5.42. The third-order valence-electron chi connectivity index (χ3n) is 6.20. The average Bonchev–Trinajstić information content (AvgIpc) is 3.31. The molecule has 1 aromatic heterocycles. The molecular weight excluding hydrogens is 487 g/mol. The number of nitrogens with zero attached hydrogens (tertiary/aromatic N) is 3. The molecule has 0 aliphatic carbocycles. The number of benzene rings is 3. The van der Waals surface area contributed by atoms with Crippen molar-refractivity contribution in [2.45, 2.75) is 17.3 Å². The number of fused-ring (bicyclic) bond motifs is 3. The lowest BCUT2D eigenvalue weighted by Crippen LogP contribution is -2.32. The van der Waals surface area contributed by atoms with Gasteiger partial charge in [0, 0.05) is 16.2 Å². The minimum absolute atomic E-state index is 0.302. The second kappa shape index (κ2) is 8.62. The van der Waals surface area contributed by atoms with E-state index in [9.17, 15) is 4.39 Å². The van der Waals surface area contributed by atoms with Gasteiger partial charge < -0.3 is 14.8 Å². The second-order valence-corrected chi connectivity index (χ2v) is 9.40. The molecule has 0 spiro atoms. The summed E-state index contributed by atoms with van der Waals surface area (Å²) in [7, 11) is 1.64. The molecular formula is C26H20ClFN4O2S. The standard InChI is InChI=1S/C26H20ClFN4O2S/c1-33-18-10-5-15(6-11-18)24-21-22(19-13-16(27)7-12-20(19)34-24)29-25-30-26(35-2)31-32(25)23(21)14-3-8-17(28)9-4-14/h3-13,23-24H,1-2H3,(H,29,30,31)/t23-,24+/m0/s1. The highest BCUT2D eigenvalue weighted by Crippen LogP contribution is 2.51. The zero-order valence-corrected chi connectivity index (χ0v) is 20.4. The Morgan fingerprint density at radius 3 is 2.51 bits per heavy atom. The first kappa shape index (κ1) is 22.0. The third kappa shape index (κ3) is 3.73. The molecule has 0 bridgehead atoms. The van der Waals surface area contributed by atoms with Crippen molar-refractivity contribution in [1.82, 2.24) is 14.8 Å². The summed E-state index contributed by atoms with van der Waals surface area (Å²) in [6.07, 6.45) is 1.49. The molecule has 0 unspecified atom stereocenters. The molecule has 1 N–H and O–H groups in total. The van der Waals surface area contributed by atoms with Crippen molar-refractivity contribution in [2.75, 3.05) is 18.7 Å². The lowest BCUT2D eigenvalue weighted by atomic mass is 9.84. The van der Waals surface area contributed by atoms with E-state index in [4.69, 9.17) is 26.2 Å². The van der Waals surface area contributed by atoms with Crippen LogP contribution in [0.2, 0.25) is 5.02 Å². The Balaban J connectivity index is 1.62. The molecule has 0 saturated carbocycles. The van der Waals surface area contributed by atoms with Gasteiger partial charge in [-0.2, -0.15) is 4.98 Å². The summed E-state index contributed by atoms with van der Waals surface area (Å²) in [6.45, 7) is 0. The molecule has 35 heavy (non-hydrogen) atoms. The number of hydrogen-bond donors (Lipinski definition) is 1. The molecule has 6 nitrogen and oxygen atoms in total. The van der Waals surface area contributed by atoms with Crippen molar-refractivity contribution in [3.05, 3.63) is 99.8 Å². The van der Waals surface area contributed by atoms with Crippen LogP contribution in [0.25, 0.3) is 5.70 Å². The first-order valence-electron chi connectivity index (χ1n) is 10.9. The fraction of sp³-hybridized carbons (Fsp3) is 0.154. The minimum atomic E-state index is -0.442. The van der Waals surface area contributed by atoms with Crippen LogP contribution in [-0.4, -0.2) is 28.1 Å². The zero-order chi connectivity index (χ0) is 24.1. The average molecular weight is 507 g/mol. The number of hydrogen-bond acceptors (Lipinski definition) is 6. The van der Waals surface area contributed by atoms with Crippen molar-refractivity contribution < 1.29 is 13.9 Å². The summed E-state index contributed by atoms with van der Waals surface area (Å²) >= 11 is 7.85.